The topological polar surface area (TPSA) is 77.3 Å². The lowest BCUT2D eigenvalue weighted by atomic mass is 9.97. The van der Waals surface area contributed by atoms with Gasteiger partial charge in [0.1, 0.15) is 5.54 Å². The van der Waals surface area contributed by atoms with E-state index < -0.39 is 5.54 Å². The number of hydrogen-bond donors (Lipinski definition) is 1. The lowest BCUT2D eigenvalue weighted by Crippen LogP contribution is -2.48. The van der Waals surface area contributed by atoms with Crippen LogP contribution in [0.1, 0.15) is 25.7 Å². The number of nitrogens with one attached hydrogen (secondary N) is 1. The highest BCUT2D eigenvalue weighted by molar-refractivity contribution is 7.99. The molecule has 0 bridgehead atoms. The molecule has 0 radical (unpaired) electrons. The first-order valence-corrected chi connectivity index (χ1v) is 6.70. The molecule has 0 aromatic carbocycles. The van der Waals surface area contributed by atoms with Crippen LogP contribution in [0.4, 0.5) is 0 Å². The Kier molecular flexibility index (Phi) is 5.61. The number of likely N-dealkylation sites (N-methyl/N-ethyl adjacent to an activating group) is 1. The van der Waals surface area contributed by atoms with E-state index >= 15 is 0 Å². The number of carbonyl (C=O) groups is 1. The molecule has 1 rings (SSSR count). The van der Waals surface area contributed by atoms with Crippen LogP contribution in [0.2, 0.25) is 0 Å². The van der Waals surface area contributed by atoms with Crippen LogP contribution in [0.5, 0.6) is 0 Å². The van der Waals surface area contributed by atoms with Gasteiger partial charge in [-0.1, -0.05) is 11.8 Å². The summed E-state index contributed by atoms with van der Waals surface area (Å²) in [6.07, 6.45) is 1.54. The molecule has 0 saturated carbocycles. The molecule has 0 spiro atoms. The van der Waals surface area contributed by atoms with Crippen LogP contribution in [0.15, 0.2) is 9.64 Å². The van der Waals surface area contributed by atoms with Crippen LogP contribution in [-0.2, 0) is 9.53 Å². The second-order valence-corrected chi connectivity index (χ2v) is 5.16. The van der Waals surface area contributed by atoms with E-state index in [0.29, 0.717) is 17.5 Å². The Labute approximate surface area is 111 Å². The van der Waals surface area contributed by atoms with E-state index in [2.05, 4.69) is 15.5 Å². The van der Waals surface area contributed by atoms with Gasteiger partial charge in [-0.15, -0.1) is 10.2 Å². The van der Waals surface area contributed by atoms with Gasteiger partial charge in [0, 0.05) is 12.7 Å². The molecule has 0 amide bonds. The normalized spacial score (nSPS) is 14.2. The SMILES string of the molecule is CNC(C)(CCCSc1nnc(C)o1)C(=O)OC. The number of aromatic nitrogens is 2. The summed E-state index contributed by atoms with van der Waals surface area (Å²) in [4.78, 5) is 11.6. The lowest BCUT2D eigenvalue weighted by Gasteiger charge is -2.25. The highest BCUT2D eigenvalue weighted by Gasteiger charge is 2.31. The molecule has 6 nitrogen and oxygen atoms in total. The summed E-state index contributed by atoms with van der Waals surface area (Å²) in [6, 6.07) is 0. The Hall–Kier alpha value is -1.08. The predicted molar refractivity (Wildman–Crippen MR) is 68.5 cm³/mol. The Morgan fingerprint density at radius 2 is 2.28 bits per heavy atom. The zero-order valence-corrected chi connectivity index (χ0v) is 12.0. The summed E-state index contributed by atoms with van der Waals surface area (Å²) >= 11 is 1.49. The van der Waals surface area contributed by atoms with Gasteiger partial charge in [0.15, 0.2) is 0 Å². The Morgan fingerprint density at radius 3 is 2.78 bits per heavy atom. The minimum atomic E-state index is -0.639. The first kappa shape index (κ1) is 15.0. The lowest BCUT2D eigenvalue weighted by molar-refractivity contribution is -0.148. The number of carbonyl (C=O) groups excluding carboxylic acids is 1. The average molecular weight is 273 g/mol. The molecule has 1 aromatic rings. The van der Waals surface area contributed by atoms with Crippen molar-refractivity contribution in [1.29, 1.82) is 0 Å². The van der Waals surface area contributed by atoms with Crippen molar-refractivity contribution in [2.45, 2.75) is 37.5 Å². The van der Waals surface area contributed by atoms with Gasteiger partial charge in [0.25, 0.3) is 5.22 Å². The van der Waals surface area contributed by atoms with E-state index in [1.54, 1.807) is 14.0 Å². The second kappa shape index (κ2) is 6.75. The summed E-state index contributed by atoms with van der Waals surface area (Å²) in [5, 5.41) is 11.2. The van der Waals surface area contributed by atoms with E-state index in [-0.39, 0.29) is 5.97 Å². The molecule has 1 unspecified atom stereocenters. The molecule has 7 heteroatoms. The number of methoxy groups -OCH3 is 1. The van der Waals surface area contributed by atoms with Gasteiger partial charge < -0.3 is 14.5 Å². The van der Waals surface area contributed by atoms with Crippen molar-refractivity contribution >= 4 is 17.7 Å². The Morgan fingerprint density at radius 1 is 1.56 bits per heavy atom. The third kappa shape index (κ3) is 3.99. The van der Waals surface area contributed by atoms with Crippen molar-refractivity contribution in [2.24, 2.45) is 0 Å². The molecule has 0 aliphatic carbocycles. The molecule has 0 fully saturated rings. The smallest absolute Gasteiger partial charge is 0.325 e. The quantitative estimate of drug-likeness (QED) is 0.457. The van der Waals surface area contributed by atoms with Crippen molar-refractivity contribution in [2.75, 3.05) is 19.9 Å². The zero-order chi connectivity index (χ0) is 13.6. The molecule has 0 aliphatic rings. The molecule has 1 atom stereocenters. The van der Waals surface area contributed by atoms with Gasteiger partial charge in [-0.25, -0.2) is 0 Å². The minimum Gasteiger partial charge on any atom is -0.468 e. The second-order valence-electron chi connectivity index (χ2n) is 4.11. The number of esters is 1. The maximum Gasteiger partial charge on any atom is 0.325 e. The number of hydrogen-bond acceptors (Lipinski definition) is 7. The van der Waals surface area contributed by atoms with E-state index in [0.717, 1.165) is 12.2 Å². The summed E-state index contributed by atoms with van der Waals surface area (Å²) < 4.78 is 10.0. The number of rotatable bonds is 7. The first-order chi connectivity index (χ1) is 8.51. The average Bonchev–Trinajstić information content (AvgIpc) is 2.79. The van der Waals surface area contributed by atoms with Crippen molar-refractivity contribution in [3.63, 3.8) is 0 Å². The Balaban J connectivity index is 2.34. The summed E-state index contributed by atoms with van der Waals surface area (Å²) in [7, 11) is 3.15. The standard InChI is InChI=1S/C11H19N3O3S/c1-8-13-14-10(17-8)18-7-5-6-11(2,12-3)9(15)16-4/h12H,5-7H2,1-4H3. The molecule has 0 saturated heterocycles. The van der Waals surface area contributed by atoms with Crippen molar-refractivity contribution in [1.82, 2.24) is 15.5 Å². The van der Waals surface area contributed by atoms with Crippen LogP contribution >= 0.6 is 11.8 Å². The van der Waals surface area contributed by atoms with Gasteiger partial charge in [-0.05, 0) is 26.8 Å². The molecule has 0 aliphatic heterocycles. The monoisotopic (exact) mass is 273 g/mol. The van der Waals surface area contributed by atoms with Crippen LogP contribution in [0, 0.1) is 6.92 Å². The fourth-order valence-corrected chi connectivity index (χ4v) is 2.22. The summed E-state index contributed by atoms with van der Waals surface area (Å²) in [6.45, 7) is 3.59. The van der Waals surface area contributed by atoms with E-state index in [1.165, 1.54) is 18.9 Å². The van der Waals surface area contributed by atoms with E-state index in [9.17, 15) is 4.79 Å². The highest BCUT2D eigenvalue weighted by atomic mass is 32.2. The van der Waals surface area contributed by atoms with Crippen molar-refractivity contribution in [3.8, 4) is 0 Å². The van der Waals surface area contributed by atoms with Crippen LogP contribution in [0.3, 0.4) is 0 Å². The molecule has 102 valence electrons. The first-order valence-electron chi connectivity index (χ1n) is 5.72. The maximum atomic E-state index is 11.6. The third-order valence-electron chi connectivity index (χ3n) is 2.74. The van der Waals surface area contributed by atoms with E-state index in [1.807, 2.05) is 6.92 Å². The van der Waals surface area contributed by atoms with Crippen molar-refractivity contribution in [3.05, 3.63) is 5.89 Å². The predicted octanol–water partition coefficient (Wildman–Crippen LogP) is 1.40. The molecular formula is C11H19N3O3S. The fourth-order valence-electron chi connectivity index (χ4n) is 1.48. The van der Waals surface area contributed by atoms with Gasteiger partial charge in [-0.3, -0.25) is 4.79 Å². The zero-order valence-electron chi connectivity index (χ0n) is 11.1. The molecular weight excluding hydrogens is 254 g/mol. The molecule has 1 N–H and O–H groups in total. The van der Waals surface area contributed by atoms with Crippen LogP contribution in [-0.4, -0.2) is 41.6 Å². The van der Waals surface area contributed by atoms with E-state index in [4.69, 9.17) is 9.15 Å². The van der Waals surface area contributed by atoms with Gasteiger partial charge >= 0.3 is 5.97 Å². The third-order valence-corrected chi connectivity index (χ3v) is 3.65. The number of thioether (sulfide) groups is 1. The Bertz CT molecular complexity index is 397. The molecule has 1 heterocycles. The maximum absolute atomic E-state index is 11.6. The van der Waals surface area contributed by atoms with Crippen LogP contribution < -0.4 is 5.32 Å². The number of aryl methyl sites for hydroxylation is 1. The van der Waals surface area contributed by atoms with Crippen LogP contribution in [0.25, 0.3) is 0 Å². The largest absolute Gasteiger partial charge is 0.468 e. The molecule has 18 heavy (non-hydrogen) atoms. The number of nitrogens with zero attached hydrogens (tertiary/aromatic N) is 2. The highest BCUT2D eigenvalue weighted by Crippen LogP contribution is 2.20. The van der Waals surface area contributed by atoms with Gasteiger partial charge in [-0.2, -0.15) is 0 Å². The minimum absolute atomic E-state index is 0.247. The summed E-state index contributed by atoms with van der Waals surface area (Å²) in [5.41, 5.74) is -0.639. The van der Waals surface area contributed by atoms with Gasteiger partial charge in [0.05, 0.1) is 7.11 Å². The van der Waals surface area contributed by atoms with Gasteiger partial charge in [0.2, 0.25) is 5.89 Å². The number of ether oxygens (including phenoxy) is 1. The summed E-state index contributed by atoms with van der Waals surface area (Å²) in [5.74, 6) is 1.13. The molecule has 1 aromatic heterocycles. The van der Waals surface area contributed by atoms with Crippen molar-refractivity contribution < 1.29 is 13.9 Å². The fraction of sp³-hybridized carbons (Fsp3) is 0.727.